The third-order valence-electron chi connectivity index (χ3n) is 8.06. The van der Waals surface area contributed by atoms with Gasteiger partial charge in [0, 0.05) is 30.8 Å². The number of methoxy groups -OCH3 is 1. The average Bonchev–Trinajstić information content (AvgIpc) is 3.41. The van der Waals surface area contributed by atoms with Crippen molar-refractivity contribution in [3.05, 3.63) is 64.5 Å². The molecule has 2 amide bonds. The van der Waals surface area contributed by atoms with Crippen LogP contribution in [0.1, 0.15) is 48.1 Å². The van der Waals surface area contributed by atoms with Crippen LogP contribution in [0.3, 0.4) is 0 Å². The fourth-order valence-electron chi connectivity index (χ4n) is 6.03. The van der Waals surface area contributed by atoms with Gasteiger partial charge in [-0.15, -0.1) is 0 Å². The highest BCUT2D eigenvalue weighted by Crippen LogP contribution is 2.41. The van der Waals surface area contributed by atoms with Gasteiger partial charge >= 0.3 is 0 Å². The molecule has 1 saturated heterocycles. The maximum absolute atomic E-state index is 14.6. The lowest BCUT2D eigenvalue weighted by Gasteiger charge is -2.31. The summed E-state index contributed by atoms with van der Waals surface area (Å²) in [5.74, 6) is -0.970. The van der Waals surface area contributed by atoms with E-state index in [-0.39, 0.29) is 47.8 Å². The van der Waals surface area contributed by atoms with Gasteiger partial charge in [0.25, 0.3) is 11.8 Å². The number of hydrogen-bond acceptors (Lipinski definition) is 8. The number of hydrogen-bond donors (Lipinski definition) is 2. The van der Waals surface area contributed by atoms with E-state index in [1.165, 1.54) is 11.1 Å². The van der Waals surface area contributed by atoms with Crippen molar-refractivity contribution in [2.24, 2.45) is 11.7 Å². The first-order valence-electron chi connectivity index (χ1n) is 14.5. The summed E-state index contributed by atoms with van der Waals surface area (Å²) in [6.07, 6.45) is 4.26. The summed E-state index contributed by atoms with van der Waals surface area (Å²) in [5.41, 5.74) is 9.32. The lowest BCUT2D eigenvalue weighted by Crippen LogP contribution is -2.43. The van der Waals surface area contributed by atoms with E-state index in [0.29, 0.717) is 57.8 Å². The number of carbonyl (C=O) groups excluding carboxylic acids is 2. The number of amides is 2. The number of nitrogens with two attached hydrogens (primary N) is 1. The molecule has 11 nitrogen and oxygen atoms in total. The number of nitrogens with zero attached hydrogens (tertiary/aromatic N) is 5. The molecule has 0 radical (unpaired) electrons. The number of aromatic nitrogens is 4. The minimum atomic E-state index is -0.612. The number of fused-ring (bicyclic) bond motifs is 2. The zero-order chi connectivity index (χ0) is 31.1. The molecule has 2 aliphatic heterocycles. The molecule has 1 fully saturated rings. The molecule has 0 bridgehead atoms. The second-order valence-corrected chi connectivity index (χ2v) is 11.9. The first kappa shape index (κ1) is 29.9. The number of nitrogens with one attached hydrogen (secondary N) is 1. The van der Waals surface area contributed by atoms with Crippen molar-refractivity contribution in [1.29, 1.82) is 0 Å². The van der Waals surface area contributed by atoms with Crippen molar-refractivity contribution < 1.29 is 23.5 Å². The van der Waals surface area contributed by atoms with Crippen LogP contribution in [0.4, 0.5) is 10.1 Å². The largest absolute Gasteiger partial charge is 0.482 e. The SMILES string of the molecule is CO[C@@H]1CNCC[C@@H]1n1ncc2c(-c3ccc4c(c3)OCC(=O)N4Cc3ncc(Cl)cc3F)c(C(N)=O)c(CC(C)C)nc21. The molecule has 6 rings (SSSR count). The highest BCUT2D eigenvalue weighted by molar-refractivity contribution is 6.30. The Labute approximate surface area is 258 Å². The molecular formula is C31H33ClFN7O4. The van der Waals surface area contributed by atoms with Crippen molar-refractivity contribution in [3.63, 3.8) is 0 Å². The van der Waals surface area contributed by atoms with Gasteiger partial charge in [0.1, 0.15) is 11.6 Å². The number of primary amides is 1. The fraction of sp³-hybridized carbons (Fsp3) is 0.387. The Hall–Kier alpha value is -4.13. The molecule has 0 unspecified atom stereocenters. The van der Waals surface area contributed by atoms with Crippen LogP contribution in [0, 0.1) is 11.7 Å². The molecule has 0 aliphatic carbocycles. The average molecular weight is 622 g/mol. The summed E-state index contributed by atoms with van der Waals surface area (Å²) in [6, 6.07) is 6.37. The molecule has 4 aromatic rings. The number of carbonyl (C=O) groups is 2. The number of halogens is 2. The van der Waals surface area contributed by atoms with E-state index >= 15 is 0 Å². The molecule has 2 aliphatic rings. The summed E-state index contributed by atoms with van der Waals surface area (Å²) in [4.78, 5) is 36.5. The van der Waals surface area contributed by atoms with Crippen molar-refractivity contribution in [2.75, 3.05) is 31.7 Å². The Morgan fingerprint density at radius 2 is 2.09 bits per heavy atom. The van der Waals surface area contributed by atoms with Gasteiger partial charge in [-0.2, -0.15) is 5.10 Å². The third-order valence-corrected chi connectivity index (χ3v) is 8.26. The van der Waals surface area contributed by atoms with Crippen LogP contribution < -0.4 is 20.7 Å². The Morgan fingerprint density at radius 1 is 1.27 bits per heavy atom. The summed E-state index contributed by atoms with van der Waals surface area (Å²) in [6.45, 7) is 5.25. The molecule has 2 atom stereocenters. The fourth-order valence-corrected chi connectivity index (χ4v) is 6.17. The number of pyridine rings is 2. The first-order valence-corrected chi connectivity index (χ1v) is 14.8. The van der Waals surface area contributed by atoms with Gasteiger partial charge in [0.05, 0.1) is 52.5 Å². The van der Waals surface area contributed by atoms with Crippen LogP contribution in [0.25, 0.3) is 22.2 Å². The van der Waals surface area contributed by atoms with Gasteiger partial charge in [-0.05, 0) is 49.1 Å². The predicted octanol–water partition coefficient (Wildman–Crippen LogP) is 4.06. The van der Waals surface area contributed by atoms with Gasteiger partial charge in [0.15, 0.2) is 12.3 Å². The summed E-state index contributed by atoms with van der Waals surface area (Å²) < 4.78 is 28.1. The zero-order valence-electron chi connectivity index (χ0n) is 24.6. The molecule has 13 heteroatoms. The molecule has 44 heavy (non-hydrogen) atoms. The highest BCUT2D eigenvalue weighted by atomic mass is 35.5. The Balaban J connectivity index is 1.50. The predicted molar refractivity (Wildman–Crippen MR) is 163 cm³/mol. The van der Waals surface area contributed by atoms with E-state index in [9.17, 15) is 14.0 Å². The second kappa shape index (κ2) is 12.1. The standard InChI is InChI=1S/C31H33ClFN7O4/c1-16(2)8-21-29(30(34)42)28(19-12-37-40(31(19)38-21)24-6-7-35-13-26(24)43-3)17-4-5-23-25(9-17)44-15-27(41)39(23)14-22-20(33)10-18(32)11-36-22/h4-5,9-12,16,24,26,35H,6-8,13-15H2,1-3H3,(H2,34,42)/t24-,26+/m0/s1. The van der Waals surface area contributed by atoms with Gasteiger partial charge in [0.2, 0.25) is 0 Å². The molecule has 1 aromatic carbocycles. The van der Waals surface area contributed by atoms with Crippen LogP contribution in [0.2, 0.25) is 5.02 Å². The van der Waals surface area contributed by atoms with Crippen LogP contribution in [0.5, 0.6) is 5.75 Å². The van der Waals surface area contributed by atoms with E-state index in [1.807, 2.05) is 4.68 Å². The second-order valence-electron chi connectivity index (χ2n) is 11.5. The van der Waals surface area contributed by atoms with E-state index in [2.05, 4.69) is 24.1 Å². The molecule has 3 aromatic heterocycles. The van der Waals surface area contributed by atoms with E-state index in [0.717, 1.165) is 19.0 Å². The number of piperidine rings is 1. The highest BCUT2D eigenvalue weighted by Gasteiger charge is 2.32. The minimum absolute atomic E-state index is 0.0567. The summed E-state index contributed by atoms with van der Waals surface area (Å²) in [7, 11) is 1.68. The van der Waals surface area contributed by atoms with Crippen LogP contribution in [-0.2, 0) is 22.5 Å². The van der Waals surface area contributed by atoms with E-state index in [1.54, 1.807) is 31.5 Å². The molecule has 230 valence electrons. The maximum atomic E-state index is 14.6. The molecule has 3 N–H and O–H groups in total. The quantitative estimate of drug-likeness (QED) is 0.301. The van der Waals surface area contributed by atoms with Crippen LogP contribution >= 0.6 is 11.6 Å². The van der Waals surface area contributed by atoms with Gasteiger partial charge < -0.3 is 20.5 Å². The molecule has 0 saturated carbocycles. The topological polar surface area (TPSA) is 137 Å². The van der Waals surface area contributed by atoms with Crippen molar-refractivity contribution in [3.8, 4) is 16.9 Å². The van der Waals surface area contributed by atoms with Gasteiger partial charge in [-0.25, -0.2) is 14.1 Å². The molecular weight excluding hydrogens is 589 g/mol. The number of anilines is 1. The number of ether oxygens (including phenoxy) is 2. The zero-order valence-corrected chi connectivity index (χ0v) is 25.4. The van der Waals surface area contributed by atoms with Crippen molar-refractivity contribution >= 4 is 40.1 Å². The molecule has 0 spiro atoms. The van der Waals surface area contributed by atoms with Crippen LogP contribution in [0.15, 0.2) is 36.7 Å². The minimum Gasteiger partial charge on any atom is -0.482 e. The lowest BCUT2D eigenvalue weighted by molar-refractivity contribution is -0.121. The Bertz CT molecular complexity index is 1760. The van der Waals surface area contributed by atoms with E-state index in [4.69, 9.17) is 36.9 Å². The molecule has 5 heterocycles. The lowest BCUT2D eigenvalue weighted by atomic mass is 9.92. The monoisotopic (exact) mass is 621 g/mol. The third kappa shape index (κ3) is 5.49. The summed E-state index contributed by atoms with van der Waals surface area (Å²) >= 11 is 5.87. The first-order chi connectivity index (χ1) is 21.2. The normalized spacial score (nSPS) is 18.5. The smallest absolute Gasteiger partial charge is 0.265 e. The van der Waals surface area contributed by atoms with Crippen molar-refractivity contribution in [1.82, 2.24) is 25.1 Å². The Kier molecular flexibility index (Phi) is 8.23. The van der Waals surface area contributed by atoms with Gasteiger partial charge in [-0.1, -0.05) is 31.5 Å². The summed E-state index contributed by atoms with van der Waals surface area (Å²) in [5, 5.41) is 8.94. The van der Waals surface area contributed by atoms with E-state index < -0.39 is 11.7 Å². The Morgan fingerprint density at radius 3 is 2.82 bits per heavy atom. The van der Waals surface area contributed by atoms with Crippen molar-refractivity contribution in [2.45, 2.75) is 45.4 Å². The van der Waals surface area contributed by atoms with Gasteiger partial charge in [-0.3, -0.25) is 19.5 Å². The number of benzene rings is 1. The maximum Gasteiger partial charge on any atom is 0.265 e. The number of rotatable bonds is 8. The van der Waals surface area contributed by atoms with Crippen LogP contribution in [-0.4, -0.2) is 64.5 Å².